The Morgan fingerprint density at radius 2 is 2.12 bits per heavy atom. The minimum absolute atomic E-state index is 0.128. The number of nitrogens with zero attached hydrogens (tertiary/aromatic N) is 1. The van der Waals surface area contributed by atoms with Crippen molar-refractivity contribution in [3.05, 3.63) is 40.3 Å². The Kier molecular flexibility index (Phi) is 3.05. The molecule has 1 aliphatic heterocycles. The predicted molar refractivity (Wildman–Crippen MR) is 65.1 cm³/mol. The van der Waals surface area contributed by atoms with Crippen molar-refractivity contribution in [2.24, 2.45) is 0 Å². The summed E-state index contributed by atoms with van der Waals surface area (Å²) in [6.07, 6.45) is 4.48. The minimum Gasteiger partial charge on any atom is -0.487 e. The molecule has 0 saturated heterocycles. The molecular formula is C13H16NO3. The van der Waals surface area contributed by atoms with Crippen molar-refractivity contribution in [3.8, 4) is 5.75 Å². The van der Waals surface area contributed by atoms with E-state index in [-0.39, 0.29) is 16.2 Å². The van der Waals surface area contributed by atoms with Gasteiger partial charge in [-0.15, -0.1) is 0 Å². The van der Waals surface area contributed by atoms with Crippen molar-refractivity contribution in [2.75, 3.05) is 0 Å². The fraction of sp³-hybridized carbons (Fsp3) is 0.462. The maximum Gasteiger partial charge on any atom is 0.276 e. The molecule has 0 aromatic heterocycles. The zero-order chi connectivity index (χ0) is 12.5. The molecule has 1 radical (unpaired) electrons. The Balaban J connectivity index is 2.40. The number of nitro benzene ring substituents is 1. The predicted octanol–water partition coefficient (Wildman–Crippen LogP) is 3.49. The normalized spacial score (nSPS) is 17.1. The summed E-state index contributed by atoms with van der Waals surface area (Å²) < 4.78 is 5.97. The Morgan fingerprint density at radius 3 is 2.71 bits per heavy atom. The molecule has 4 heteroatoms. The van der Waals surface area contributed by atoms with Gasteiger partial charge in [-0.25, -0.2) is 0 Å². The van der Waals surface area contributed by atoms with Crippen LogP contribution >= 0.6 is 0 Å². The topological polar surface area (TPSA) is 52.4 Å². The molecule has 0 amide bonds. The highest BCUT2D eigenvalue weighted by molar-refractivity contribution is 5.55. The quantitative estimate of drug-likeness (QED) is 0.594. The van der Waals surface area contributed by atoms with Crippen LogP contribution in [0.15, 0.2) is 18.2 Å². The second-order valence-corrected chi connectivity index (χ2v) is 4.35. The van der Waals surface area contributed by atoms with Gasteiger partial charge in [0.15, 0.2) is 0 Å². The number of rotatable bonds is 3. The van der Waals surface area contributed by atoms with Crippen LogP contribution < -0.4 is 4.74 Å². The van der Waals surface area contributed by atoms with E-state index >= 15 is 0 Å². The van der Waals surface area contributed by atoms with Gasteiger partial charge < -0.3 is 4.74 Å². The molecule has 0 aliphatic carbocycles. The largest absolute Gasteiger partial charge is 0.487 e. The molecule has 1 aromatic carbocycles. The molecule has 1 aliphatic rings. The number of fused-ring (bicyclic) bond motifs is 1. The summed E-state index contributed by atoms with van der Waals surface area (Å²) in [5.74, 6) is 0.633. The van der Waals surface area contributed by atoms with Gasteiger partial charge in [0.1, 0.15) is 11.4 Å². The molecule has 0 unspecified atom stereocenters. The van der Waals surface area contributed by atoms with Crippen molar-refractivity contribution in [1.82, 2.24) is 0 Å². The first-order valence-electron chi connectivity index (χ1n) is 5.91. The van der Waals surface area contributed by atoms with Crippen molar-refractivity contribution in [3.63, 3.8) is 0 Å². The molecule has 1 heterocycles. The van der Waals surface area contributed by atoms with Gasteiger partial charge in [0, 0.05) is 12.5 Å². The molecule has 0 bridgehead atoms. The highest BCUT2D eigenvalue weighted by Crippen LogP contribution is 2.41. The third kappa shape index (κ3) is 1.99. The smallest absolute Gasteiger partial charge is 0.276 e. The first-order chi connectivity index (χ1) is 8.12. The lowest BCUT2D eigenvalue weighted by Gasteiger charge is -2.37. The van der Waals surface area contributed by atoms with E-state index in [4.69, 9.17) is 4.74 Å². The van der Waals surface area contributed by atoms with Gasteiger partial charge in [-0.05, 0) is 25.3 Å². The second-order valence-electron chi connectivity index (χ2n) is 4.35. The lowest BCUT2D eigenvalue weighted by atomic mass is 9.86. The van der Waals surface area contributed by atoms with Crippen molar-refractivity contribution >= 4 is 5.69 Å². The molecule has 0 saturated carbocycles. The van der Waals surface area contributed by atoms with Gasteiger partial charge in [0.25, 0.3) is 5.69 Å². The van der Waals surface area contributed by atoms with E-state index in [0.29, 0.717) is 11.3 Å². The van der Waals surface area contributed by atoms with Crippen molar-refractivity contribution in [2.45, 2.75) is 38.7 Å². The van der Waals surface area contributed by atoms with E-state index in [1.807, 2.05) is 6.42 Å². The SMILES string of the molecule is CCC1(CC)C[CH]c2c(cccc2[N+](=O)[O-])O1. The van der Waals surface area contributed by atoms with Crippen LogP contribution in [0.4, 0.5) is 5.69 Å². The Morgan fingerprint density at radius 1 is 1.41 bits per heavy atom. The molecule has 4 nitrogen and oxygen atoms in total. The summed E-state index contributed by atoms with van der Waals surface area (Å²) in [7, 11) is 0. The van der Waals surface area contributed by atoms with E-state index in [9.17, 15) is 10.1 Å². The van der Waals surface area contributed by atoms with E-state index in [2.05, 4.69) is 13.8 Å². The maximum absolute atomic E-state index is 10.9. The van der Waals surface area contributed by atoms with Crippen LogP contribution in [-0.2, 0) is 0 Å². The molecule has 0 N–H and O–H groups in total. The number of hydrogen-bond acceptors (Lipinski definition) is 3. The molecule has 17 heavy (non-hydrogen) atoms. The highest BCUT2D eigenvalue weighted by atomic mass is 16.6. The summed E-state index contributed by atoms with van der Waals surface area (Å²) >= 11 is 0. The van der Waals surface area contributed by atoms with E-state index in [1.54, 1.807) is 12.1 Å². The van der Waals surface area contributed by atoms with Gasteiger partial charge >= 0.3 is 0 Å². The van der Waals surface area contributed by atoms with Gasteiger partial charge in [0.2, 0.25) is 0 Å². The van der Waals surface area contributed by atoms with Crippen molar-refractivity contribution < 1.29 is 9.66 Å². The molecular weight excluding hydrogens is 218 g/mol. The van der Waals surface area contributed by atoms with Crippen LogP contribution in [-0.4, -0.2) is 10.5 Å². The van der Waals surface area contributed by atoms with E-state index < -0.39 is 0 Å². The van der Waals surface area contributed by atoms with Gasteiger partial charge in [0.05, 0.1) is 10.5 Å². The minimum atomic E-state index is -0.358. The van der Waals surface area contributed by atoms with E-state index in [1.165, 1.54) is 6.07 Å². The van der Waals surface area contributed by atoms with Gasteiger partial charge in [-0.2, -0.15) is 0 Å². The summed E-state index contributed by atoms with van der Waals surface area (Å²) in [6, 6.07) is 4.99. The summed E-state index contributed by atoms with van der Waals surface area (Å²) in [5.41, 5.74) is 0.556. The average molecular weight is 234 g/mol. The second kappa shape index (κ2) is 4.35. The zero-order valence-corrected chi connectivity index (χ0v) is 10.1. The van der Waals surface area contributed by atoms with E-state index in [0.717, 1.165) is 19.3 Å². The fourth-order valence-electron chi connectivity index (χ4n) is 2.23. The molecule has 1 aromatic rings. The molecule has 0 fully saturated rings. The number of nitro groups is 1. The summed E-state index contributed by atoms with van der Waals surface area (Å²) in [4.78, 5) is 10.5. The molecule has 91 valence electrons. The van der Waals surface area contributed by atoms with Crippen LogP contribution in [0.25, 0.3) is 0 Å². The Hall–Kier alpha value is -1.58. The van der Waals surface area contributed by atoms with Crippen LogP contribution in [0.3, 0.4) is 0 Å². The standard InChI is InChI=1S/C13H16NO3/c1-3-13(4-2)9-8-10-11(14(15)16)6-5-7-12(10)17-13/h5-8H,3-4,9H2,1-2H3. The molecule has 2 rings (SSSR count). The maximum atomic E-state index is 10.9. The average Bonchev–Trinajstić information content (AvgIpc) is 2.37. The zero-order valence-electron chi connectivity index (χ0n) is 10.1. The third-order valence-electron chi connectivity index (χ3n) is 3.53. The van der Waals surface area contributed by atoms with Crippen LogP contribution in [0.2, 0.25) is 0 Å². The highest BCUT2D eigenvalue weighted by Gasteiger charge is 2.35. The van der Waals surface area contributed by atoms with Crippen LogP contribution in [0.5, 0.6) is 5.75 Å². The molecule has 0 spiro atoms. The summed E-state index contributed by atoms with van der Waals surface area (Å²) in [5, 5.41) is 10.9. The summed E-state index contributed by atoms with van der Waals surface area (Å²) in [6.45, 7) is 4.17. The number of benzene rings is 1. The Labute approximate surface area is 101 Å². The first-order valence-corrected chi connectivity index (χ1v) is 5.91. The number of hydrogen-bond donors (Lipinski definition) is 0. The third-order valence-corrected chi connectivity index (χ3v) is 3.53. The van der Waals surface area contributed by atoms with Crippen molar-refractivity contribution in [1.29, 1.82) is 0 Å². The van der Waals surface area contributed by atoms with Gasteiger partial charge in [-0.1, -0.05) is 19.9 Å². The first kappa shape index (κ1) is 11.9. The Bertz CT molecular complexity index is 438. The monoisotopic (exact) mass is 234 g/mol. The lowest BCUT2D eigenvalue weighted by Crippen LogP contribution is -2.37. The fourth-order valence-corrected chi connectivity index (χ4v) is 2.23. The number of ether oxygens (including phenoxy) is 1. The lowest BCUT2D eigenvalue weighted by molar-refractivity contribution is -0.385. The van der Waals surface area contributed by atoms with Crippen LogP contribution in [0.1, 0.15) is 38.7 Å². The van der Waals surface area contributed by atoms with Gasteiger partial charge in [-0.3, -0.25) is 10.1 Å². The molecule has 0 atom stereocenters. The van der Waals surface area contributed by atoms with Crippen LogP contribution in [0, 0.1) is 16.5 Å².